The number of anilines is 1. The van der Waals surface area contributed by atoms with E-state index in [1.54, 1.807) is 0 Å². The van der Waals surface area contributed by atoms with E-state index in [1.165, 1.54) is 0 Å². The summed E-state index contributed by atoms with van der Waals surface area (Å²) in [6, 6.07) is 9.64. The molecule has 1 N–H and O–H groups in total. The second kappa shape index (κ2) is 4.05. The SMILES string of the molecule is O=C1CCC/C1=N\Nc1ccccc1. The second-order valence-electron chi connectivity index (χ2n) is 3.31. The van der Waals surface area contributed by atoms with Crippen LogP contribution in [0.3, 0.4) is 0 Å². The summed E-state index contributed by atoms with van der Waals surface area (Å²) in [5.41, 5.74) is 4.48. The van der Waals surface area contributed by atoms with E-state index in [0.717, 1.165) is 18.5 Å². The van der Waals surface area contributed by atoms with E-state index in [9.17, 15) is 4.79 Å². The molecular weight excluding hydrogens is 176 g/mol. The number of ketones is 1. The first-order valence-electron chi connectivity index (χ1n) is 4.77. The van der Waals surface area contributed by atoms with Gasteiger partial charge in [0.15, 0.2) is 5.78 Å². The van der Waals surface area contributed by atoms with Crippen molar-refractivity contribution in [1.29, 1.82) is 0 Å². The molecule has 0 radical (unpaired) electrons. The van der Waals surface area contributed by atoms with Crippen molar-refractivity contribution in [2.75, 3.05) is 5.43 Å². The molecule has 72 valence electrons. The Hall–Kier alpha value is -1.64. The molecule has 1 saturated carbocycles. The average Bonchev–Trinajstić information content (AvgIpc) is 2.63. The Kier molecular flexibility index (Phi) is 2.58. The van der Waals surface area contributed by atoms with Crippen LogP contribution in [0.25, 0.3) is 0 Å². The quantitative estimate of drug-likeness (QED) is 0.723. The number of benzene rings is 1. The van der Waals surface area contributed by atoms with Gasteiger partial charge in [0.05, 0.1) is 5.69 Å². The fourth-order valence-electron chi connectivity index (χ4n) is 1.46. The van der Waals surface area contributed by atoms with Crippen molar-refractivity contribution in [1.82, 2.24) is 0 Å². The molecule has 0 atom stereocenters. The van der Waals surface area contributed by atoms with Crippen LogP contribution in [0, 0.1) is 0 Å². The van der Waals surface area contributed by atoms with Gasteiger partial charge in [-0.3, -0.25) is 10.2 Å². The summed E-state index contributed by atoms with van der Waals surface area (Å²) in [4.78, 5) is 11.2. The highest BCUT2D eigenvalue weighted by atomic mass is 16.1. The molecule has 0 aliphatic heterocycles. The van der Waals surface area contributed by atoms with Gasteiger partial charge in [-0.2, -0.15) is 5.10 Å². The first-order chi connectivity index (χ1) is 6.86. The predicted octanol–water partition coefficient (Wildman–Crippen LogP) is 2.21. The van der Waals surface area contributed by atoms with Crippen LogP contribution in [0.2, 0.25) is 0 Å². The number of nitrogens with one attached hydrogen (secondary N) is 1. The summed E-state index contributed by atoms with van der Waals surface area (Å²) < 4.78 is 0. The van der Waals surface area contributed by atoms with Crippen molar-refractivity contribution in [3.05, 3.63) is 30.3 Å². The molecule has 0 spiro atoms. The highest BCUT2D eigenvalue weighted by molar-refractivity contribution is 6.41. The monoisotopic (exact) mass is 188 g/mol. The zero-order valence-corrected chi connectivity index (χ0v) is 7.86. The first kappa shape index (κ1) is 8.94. The average molecular weight is 188 g/mol. The number of carbonyl (C=O) groups is 1. The molecule has 0 unspecified atom stereocenters. The van der Waals surface area contributed by atoms with Gasteiger partial charge < -0.3 is 0 Å². The number of rotatable bonds is 2. The van der Waals surface area contributed by atoms with Gasteiger partial charge in [0, 0.05) is 6.42 Å². The Bertz CT molecular complexity index is 357. The topological polar surface area (TPSA) is 41.5 Å². The second-order valence-corrected chi connectivity index (χ2v) is 3.31. The van der Waals surface area contributed by atoms with Crippen LogP contribution >= 0.6 is 0 Å². The van der Waals surface area contributed by atoms with E-state index in [0.29, 0.717) is 12.1 Å². The van der Waals surface area contributed by atoms with Gasteiger partial charge >= 0.3 is 0 Å². The molecule has 1 aliphatic carbocycles. The summed E-state index contributed by atoms with van der Waals surface area (Å²) in [6.07, 6.45) is 2.39. The van der Waals surface area contributed by atoms with Gasteiger partial charge in [0.1, 0.15) is 5.71 Å². The lowest BCUT2D eigenvalue weighted by Crippen LogP contribution is -2.07. The number of para-hydroxylation sites is 1. The highest BCUT2D eigenvalue weighted by Gasteiger charge is 2.18. The molecule has 3 heteroatoms. The van der Waals surface area contributed by atoms with Gasteiger partial charge in [-0.25, -0.2) is 0 Å². The van der Waals surface area contributed by atoms with Crippen LogP contribution in [-0.2, 0) is 4.79 Å². The smallest absolute Gasteiger partial charge is 0.178 e. The third-order valence-electron chi connectivity index (χ3n) is 2.23. The van der Waals surface area contributed by atoms with Crippen molar-refractivity contribution in [2.45, 2.75) is 19.3 Å². The Balaban J connectivity index is 2.03. The van der Waals surface area contributed by atoms with Gasteiger partial charge in [-0.15, -0.1) is 0 Å². The molecule has 1 aromatic carbocycles. The van der Waals surface area contributed by atoms with Crippen LogP contribution in [0.5, 0.6) is 0 Å². The molecular formula is C11H12N2O. The minimum Gasteiger partial charge on any atom is -0.293 e. The predicted molar refractivity (Wildman–Crippen MR) is 56.4 cm³/mol. The molecule has 0 amide bonds. The number of hydrogen-bond donors (Lipinski definition) is 1. The molecule has 1 fully saturated rings. The Labute approximate surface area is 82.8 Å². The standard InChI is InChI=1S/C11H12N2O/c14-11-8-4-7-10(11)13-12-9-5-2-1-3-6-9/h1-3,5-6,12H,4,7-8H2/b13-10+. The van der Waals surface area contributed by atoms with Crippen molar-refractivity contribution < 1.29 is 4.79 Å². The summed E-state index contributed by atoms with van der Waals surface area (Å²) in [7, 11) is 0. The number of nitrogens with zero attached hydrogens (tertiary/aromatic N) is 1. The molecule has 0 aromatic heterocycles. The van der Waals surface area contributed by atoms with E-state index in [-0.39, 0.29) is 5.78 Å². The largest absolute Gasteiger partial charge is 0.293 e. The van der Waals surface area contributed by atoms with E-state index in [1.807, 2.05) is 30.3 Å². The molecule has 1 aromatic rings. The van der Waals surface area contributed by atoms with Crippen LogP contribution in [-0.4, -0.2) is 11.5 Å². The third kappa shape index (κ3) is 1.99. The number of hydrogen-bond acceptors (Lipinski definition) is 3. The number of hydrazone groups is 1. The van der Waals surface area contributed by atoms with E-state index < -0.39 is 0 Å². The number of Topliss-reactive ketones (excluding diaryl/α,β-unsaturated/α-hetero) is 1. The molecule has 0 heterocycles. The van der Waals surface area contributed by atoms with E-state index in [2.05, 4.69) is 10.5 Å². The zero-order valence-electron chi connectivity index (χ0n) is 7.86. The maximum atomic E-state index is 11.2. The molecule has 2 rings (SSSR count). The fraction of sp³-hybridized carbons (Fsp3) is 0.273. The fourth-order valence-corrected chi connectivity index (χ4v) is 1.46. The minimum absolute atomic E-state index is 0.174. The highest BCUT2D eigenvalue weighted by Crippen LogP contribution is 2.12. The maximum absolute atomic E-state index is 11.2. The molecule has 14 heavy (non-hydrogen) atoms. The summed E-state index contributed by atoms with van der Waals surface area (Å²) in [5, 5.41) is 4.09. The lowest BCUT2D eigenvalue weighted by Gasteiger charge is -1.99. The van der Waals surface area contributed by atoms with Gasteiger partial charge in [0.25, 0.3) is 0 Å². The van der Waals surface area contributed by atoms with Crippen LogP contribution < -0.4 is 5.43 Å². The third-order valence-corrected chi connectivity index (χ3v) is 2.23. The lowest BCUT2D eigenvalue weighted by atomic mass is 10.3. The molecule has 3 nitrogen and oxygen atoms in total. The normalized spacial score (nSPS) is 18.9. The number of carbonyl (C=O) groups excluding carboxylic acids is 1. The Morgan fingerprint density at radius 1 is 1.14 bits per heavy atom. The van der Waals surface area contributed by atoms with Crippen molar-refractivity contribution in [3.8, 4) is 0 Å². The molecule has 0 saturated heterocycles. The van der Waals surface area contributed by atoms with Crippen LogP contribution in [0.1, 0.15) is 19.3 Å². The van der Waals surface area contributed by atoms with E-state index >= 15 is 0 Å². The van der Waals surface area contributed by atoms with Crippen LogP contribution in [0.15, 0.2) is 35.4 Å². The molecule has 0 bridgehead atoms. The summed E-state index contributed by atoms with van der Waals surface area (Å²) in [5.74, 6) is 0.174. The molecule has 1 aliphatic rings. The van der Waals surface area contributed by atoms with Gasteiger partial charge in [0.2, 0.25) is 0 Å². The maximum Gasteiger partial charge on any atom is 0.178 e. The minimum atomic E-state index is 0.174. The Morgan fingerprint density at radius 3 is 2.57 bits per heavy atom. The summed E-state index contributed by atoms with van der Waals surface area (Å²) >= 11 is 0. The Morgan fingerprint density at radius 2 is 1.93 bits per heavy atom. The lowest BCUT2D eigenvalue weighted by molar-refractivity contribution is -0.112. The first-order valence-corrected chi connectivity index (χ1v) is 4.77. The van der Waals surface area contributed by atoms with Crippen LogP contribution in [0.4, 0.5) is 5.69 Å². The zero-order chi connectivity index (χ0) is 9.80. The van der Waals surface area contributed by atoms with Gasteiger partial charge in [-0.05, 0) is 25.0 Å². The van der Waals surface area contributed by atoms with Gasteiger partial charge in [-0.1, -0.05) is 18.2 Å². The van der Waals surface area contributed by atoms with Crippen molar-refractivity contribution >= 4 is 17.2 Å². The summed E-state index contributed by atoms with van der Waals surface area (Å²) in [6.45, 7) is 0. The van der Waals surface area contributed by atoms with Crippen molar-refractivity contribution in [2.24, 2.45) is 5.10 Å². The van der Waals surface area contributed by atoms with E-state index in [4.69, 9.17) is 0 Å². The van der Waals surface area contributed by atoms with Crippen molar-refractivity contribution in [3.63, 3.8) is 0 Å².